The van der Waals surface area contributed by atoms with Gasteiger partial charge < -0.3 is 33.1 Å². The molecule has 90 valence electrons. The molecule has 0 aliphatic heterocycles. The van der Waals surface area contributed by atoms with E-state index in [-0.39, 0.29) is 17.6 Å². The van der Waals surface area contributed by atoms with Crippen molar-refractivity contribution >= 4 is 23.8 Å². The number of hydrogen-bond acceptors (Lipinski definition) is 6. The standard InChI is InChI=1S/C6H14N8O2/c7-5(8)13-11-1-3(4(16)2-15)12-14-6(9)10/h1,4,15-16H,2H2,(H4,7,8,13)(H4,9,10,14)/b11-1+,12-3-/t4-/m0/s1. The molecule has 0 fully saturated rings. The molecule has 0 aromatic rings. The lowest BCUT2D eigenvalue weighted by atomic mass is 10.2. The highest BCUT2D eigenvalue weighted by molar-refractivity contribution is 6.32. The van der Waals surface area contributed by atoms with E-state index in [1.165, 1.54) is 0 Å². The molecule has 0 bridgehead atoms. The summed E-state index contributed by atoms with van der Waals surface area (Å²) in [5.74, 6) is -0.575. The van der Waals surface area contributed by atoms with Crippen molar-refractivity contribution < 1.29 is 10.2 Å². The second-order valence-electron chi connectivity index (χ2n) is 2.52. The smallest absolute Gasteiger partial charge is 0.211 e. The summed E-state index contributed by atoms with van der Waals surface area (Å²) in [6, 6.07) is 0. The Morgan fingerprint density at radius 3 is 2.06 bits per heavy atom. The Balaban J connectivity index is 4.82. The van der Waals surface area contributed by atoms with E-state index < -0.39 is 12.7 Å². The van der Waals surface area contributed by atoms with Gasteiger partial charge in [-0.3, -0.25) is 0 Å². The van der Waals surface area contributed by atoms with Gasteiger partial charge in [-0.2, -0.15) is 5.10 Å². The van der Waals surface area contributed by atoms with Crippen LogP contribution in [0.3, 0.4) is 0 Å². The van der Waals surface area contributed by atoms with Gasteiger partial charge in [0.05, 0.1) is 12.8 Å². The minimum absolute atomic E-state index is 0.0964. The highest BCUT2D eigenvalue weighted by Gasteiger charge is 2.09. The summed E-state index contributed by atoms with van der Waals surface area (Å²) in [6.07, 6.45) is -0.284. The molecule has 0 aromatic heterocycles. The summed E-state index contributed by atoms with van der Waals surface area (Å²) in [4.78, 5) is 0. The first kappa shape index (κ1) is 13.8. The molecule has 0 aromatic carbocycles. The summed E-state index contributed by atoms with van der Waals surface area (Å²) in [5, 5.41) is 31.3. The van der Waals surface area contributed by atoms with Crippen LogP contribution in [0.15, 0.2) is 20.4 Å². The van der Waals surface area contributed by atoms with Gasteiger partial charge in [0, 0.05) is 0 Å². The van der Waals surface area contributed by atoms with Crippen molar-refractivity contribution in [3.8, 4) is 0 Å². The lowest BCUT2D eigenvalue weighted by molar-refractivity contribution is 0.146. The maximum absolute atomic E-state index is 9.26. The Kier molecular flexibility index (Phi) is 6.16. The van der Waals surface area contributed by atoms with E-state index in [1.54, 1.807) is 0 Å². The van der Waals surface area contributed by atoms with E-state index >= 15 is 0 Å². The van der Waals surface area contributed by atoms with Crippen LogP contribution in [0, 0.1) is 0 Å². The van der Waals surface area contributed by atoms with Gasteiger partial charge in [-0.15, -0.1) is 15.3 Å². The number of guanidine groups is 2. The van der Waals surface area contributed by atoms with E-state index in [2.05, 4.69) is 20.4 Å². The van der Waals surface area contributed by atoms with E-state index in [1.807, 2.05) is 0 Å². The van der Waals surface area contributed by atoms with Crippen molar-refractivity contribution in [1.29, 1.82) is 0 Å². The monoisotopic (exact) mass is 230 g/mol. The third kappa shape index (κ3) is 6.28. The Hall–Kier alpha value is -2.20. The first-order valence-electron chi connectivity index (χ1n) is 4.04. The Bertz CT molecular complexity index is 325. The molecule has 16 heavy (non-hydrogen) atoms. The zero-order valence-corrected chi connectivity index (χ0v) is 8.35. The molecule has 1 atom stereocenters. The molecule has 0 saturated carbocycles. The third-order valence-electron chi connectivity index (χ3n) is 1.16. The molecule has 0 spiro atoms. The molecule has 10 heteroatoms. The zero-order chi connectivity index (χ0) is 12.6. The Morgan fingerprint density at radius 2 is 1.62 bits per heavy atom. The van der Waals surface area contributed by atoms with E-state index in [9.17, 15) is 5.11 Å². The molecule has 0 amide bonds. The lowest BCUT2D eigenvalue weighted by Gasteiger charge is -2.03. The Morgan fingerprint density at radius 1 is 1.06 bits per heavy atom. The van der Waals surface area contributed by atoms with Crippen LogP contribution in [0.1, 0.15) is 0 Å². The topological polar surface area (TPSA) is 194 Å². The number of aliphatic hydroxyl groups is 2. The highest BCUT2D eigenvalue weighted by Crippen LogP contribution is 1.88. The predicted molar refractivity (Wildman–Crippen MR) is 60.6 cm³/mol. The summed E-state index contributed by atoms with van der Waals surface area (Å²) in [6.45, 7) is -0.577. The van der Waals surface area contributed by atoms with Crippen molar-refractivity contribution in [3.63, 3.8) is 0 Å². The van der Waals surface area contributed by atoms with Crippen LogP contribution in [0.4, 0.5) is 0 Å². The molecule has 10 N–H and O–H groups in total. The maximum atomic E-state index is 9.26. The molecule has 0 saturated heterocycles. The third-order valence-corrected chi connectivity index (χ3v) is 1.16. The molecule has 0 aliphatic carbocycles. The second kappa shape index (κ2) is 7.14. The van der Waals surface area contributed by atoms with Crippen LogP contribution >= 0.6 is 0 Å². The minimum atomic E-state index is -1.29. The summed E-state index contributed by atoms with van der Waals surface area (Å²) in [5.41, 5.74) is 20.0. The second-order valence-corrected chi connectivity index (χ2v) is 2.52. The molecule has 0 unspecified atom stereocenters. The number of aliphatic hydroxyl groups excluding tert-OH is 2. The van der Waals surface area contributed by atoms with Crippen LogP contribution in [-0.4, -0.2) is 46.8 Å². The summed E-state index contributed by atoms with van der Waals surface area (Å²) < 4.78 is 0. The quantitative estimate of drug-likeness (QED) is 0.159. The van der Waals surface area contributed by atoms with Gasteiger partial charge in [0.15, 0.2) is 0 Å². The summed E-state index contributed by atoms with van der Waals surface area (Å²) in [7, 11) is 0. The minimum Gasteiger partial charge on any atom is -0.393 e. The zero-order valence-electron chi connectivity index (χ0n) is 8.35. The van der Waals surface area contributed by atoms with Gasteiger partial charge in [-0.05, 0) is 0 Å². The fourth-order valence-corrected chi connectivity index (χ4v) is 0.542. The predicted octanol–water partition coefficient (Wildman–Crippen LogP) is -3.77. The average Bonchev–Trinajstić information content (AvgIpc) is 2.21. The summed E-state index contributed by atoms with van der Waals surface area (Å²) >= 11 is 0. The van der Waals surface area contributed by atoms with Gasteiger partial charge in [0.25, 0.3) is 0 Å². The van der Waals surface area contributed by atoms with Gasteiger partial charge in [0.2, 0.25) is 11.9 Å². The first-order valence-corrected chi connectivity index (χ1v) is 4.04. The SMILES string of the molecule is NC(N)=N/N=C(/C=N/N=C(N)N)[C@@H](O)CO. The molecule has 0 radical (unpaired) electrons. The van der Waals surface area contributed by atoms with Crippen LogP contribution < -0.4 is 22.9 Å². The molecule has 0 heterocycles. The van der Waals surface area contributed by atoms with Gasteiger partial charge in [-0.25, -0.2) is 0 Å². The van der Waals surface area contributed by atoms with Crippen LogP contribution in [0.5, 0.6) is 0 Å². The molecule has 0 aliphatic rings. The normalized spacial score (nSPS) is 13.5. The van der Waals surface area contributed by atoms with Crippen LogP contribution in [0.2, 0.25) is 0 Å². The van der Waals surface area contributed by atoms with Gasteiger partial charge in [0.1, 0.15) is 11.8 Å². The number of rotatable bonds is 5. The fourth-order valence-electron chi connectivity index (χ4n) is 0.542. The van der Waals surface area contributed by atoms with Crippen molar-refractivity contribution in [2.75, 3.05) is 6.61 Å². The lowest BCUT2D eigenvalue weighted by Crippen LogP contribution is -2.27. The average molecular weight is 230 g/mol. The van der Waals surface area contributed by atoms with Crippen molar-refractivity contribution in [1.82, 2.24) is 0 Å². The van der Waals surface area contributed by atoms with Gasteiger partial charge >= 0.3 is 0 Å². The van der Waals surface area contributed by atoms with Crippen LogP contribution in [0.25, 0.3) is 0 Å². The van der Waals surface area contributed by atoms with E-state index in [0.717, 1.165) is 6.21 Å². The number of nitrogens with zero attached hydrogens (tertiary/aromatic N) is 4. The maximum Gasteiger partial charge on any atom is 0.211 e. The van der Waals surface area contributed by atoms with Crippen molar-refractivity contribution in [3.05, 3.63) is 0 Å². The van der Waals surface area contributed by atoms with Gasteiger partial charge in [-0.1, -0.05) is 0 Å². The van der Waals surface area contributed by atoms with E-state index in [0.29, 0.717) is 0 Å². The molecular weight excluding hydrogens is 216 g/mol. The highest BCUT2D eigenvalue weighted by atomic mass is 16.3. The fraction of sp³-hybridized carbons (Fsp3) is 0.333. The largest absolute Gasteiger partial charge is 0.393 e. The molecule has 0 rings (SSSR count). The van der Waals surface area contributed by atoms with E-state index in [4.69, 9.17) is 28.0 Å². The molecule has 10 nitrogen and oxygen atoms in total. The Labute approximate surface area is 91.0 Å². The molecular formula is C6H14N8O2. The van der Waals surface area contributed by atoms with Crippen molar-refractivity contribution in [2.24, 2.45) is 43.3 Å². The van der Waals surface area contributed by atoms with Crippen molar-refractivity contribution in [2.45, 2.75) is 6.10 Å². The number of hydrogen-bond donors (Lipinski definition) is 6. The number of nitrogens with two attached hydrogens (primary N) is 4. The van der Waals surface area contributed by atoms with Crippen LogP contribution in [-0.2, 0) is 0 Å². The first-order chi connectivity index (χ1) is 7.47.